The molecule has 5 nitrogen and oxygen atoms in total. The third-order valence-corrected chi connectivity index (χ3v) is 6.11. The topological polar surface area (TPSA) is 66.5 Å². The number of nitrogens with one attached hydrogen (secondary N) is 1. The Morgan fingerprint density at radius 1 is 1.29 bits per heavy atom. The van der Waals surface area contributed by atoms with Crippen molar-refractivity contribution in [3.05, 3.63) is 34.3 Å². The molecule has 0 spiro atoms. The second kappa shape index (κ2) is 5.50. The Morgan fingerprint density at radius 3 is 2.71 bits per heavy atom. The second-order valence-corrected chi connectivity index (χ2v) is 8.20. The number of hydrogen-bond donors (Lipinski definition) is 1. The van der Waals surface area contributed by atoms with Crippen LogP contribution < -0.4 is 5.32 Å². The van der Waals surface area contributed by atoms with E-state index < -0.39 is 9.84 Å². The number of nitrogens with zero attached hydrogens (tertiary/aromatic N) is 1. The maximum atomic E-state index is 12.2. The van der Waals surface area contributed by atoms with Crippen LogP contribution in [0, 0.1) is 0 Å². The zero-order valence-electron chi connectivity index (χ0n) is 11.5. The molecule has 7 heteroatoms. The third kappa shape index (κ3) is 3.01. The summed E-state index contributed by atoms with van der Waals surface area (Å²) in [5.41, 5.74) is 2.17. The first kappa shape index (κ1) is 14.7. The van der Waals surface area contributed by atoms with Crippen molar-refractivity contribution in [1.29, 1.82) is 0 Å². The predicted octanol–water partition coefficient (Wildman–Crippen LogP) is 1.77. The number of hydrogen-bond acceptors (Lipinski definition) is 3. The smallest absolute Gasteiger partial charge is 0.317 e. The van der Waals surface area contributed by atoms with Crippen LogP contribution in [0.1, 0.15) is 23.6 Å². The van der Waals surface area contributed by atoms with Gasteiger partial charge in [-0.1, -0.05) is 23.7 Å². The van der Waals surface area contributed by atoms with Crippen molar-refractivity contribution < 1.29 is 13.2 Å². The molecule has 1 N–H and O–H groups in total. The van der Waals surface area contributed by atoms with Gasteiger partial charge in [-0.05, 0) is 30.0 Å². The highest BCUT2D eigenvalue weighted by molar-refractivity contribution is 7.91. The van der Waals surface area contributed by atoms with E-state index in [0.29, 0.717) is 0 Å². The van der Waals surface area contributed by atoms with Crippen molar-refractivity contribution in [3.63, 3.8) is 0 Å². The zero-order chi connectivity index (χ0) is 15.0. The predicted molar refractivity (Wildman–Crippen MR) is 81.3 cm³/mol. The summed E-state index contributed by atoms with van der Waals surface area (Å²) >= 11 is 6.16. The van der Waals surface area contributed by atoms with Crippen LogP contribution in [-0.4, -0.2) is 43.9 Å². The molecule has 0 aromatic heterocycles. The summed E-state index contributed by atoms with van der Waals surface area (Å²) in [6, 6.07) is 5.51. The van der Waals surface area contributed by atoms with E-state index in [4.69, 9.17) is 11.6 Å². The van der Waals surface area contributed by atoms with Crippen LogP contribution in [0.15, 0.2) is 18.2 Å². The summed E-state index contributed by atoms with van der Waals surface area (Å²) < 4.78 is 22.8. The largest absolute Gasteiger partial charge is 0.331 e. The lowest BCUT2D eigenvalue weighted by molar-refractivity contribution is 0.198. The molecule has 0 unspecified atom stereocenters. The van der Waals surface area contributed by atoms with Crippen molar-refractivity contribution in [3.8, 4) is 0 Å². The minimum absolute atomic E-state index is 0.0373. The number of benzene rings is 1. The number of amides is 2. The Balaban J connectivity index is 1.66. The molecule has 0 saturated carbocycles. The number of carbonyl (C=O) groups is 1. The maximum Gasteiger partial charge on any atom is 0.317 e. The first-order chi connectivity index (χ1) is 9.96. The molecule has 1 aliphatic heterocycles. The fraction of sp³-hybridized carbons (Fsp3) is 0.500. The van der Waals surface area contributed by atoms with Gasteiger partial charge in [0, 0.05) is 18.1 Å². The molecule has 114 valence electrons. The van der Waals surface area contributed by atoms with Crippen molar-refractivity contribution in [2.75, 3.05) is 24.6 Å². The molecule has 1 aliphatic carbocycles. The fourth-order valence-corrected chi connectivity index (χ4v) is 4.39. The second-order valence-electron chi connectivity index (χ2n) is 5.49. The Labute approximate surface area is 129 Å². The van der Waals surface area contributed by atoms with Gasteiger partial charge in [0.15, 0.2) is 9.84 Å². The standard InChI is InChI=1S/C14H17ClN2O3S/c15-12-3-1-2-11-10(12)4-5-13(11)16-14(18)17-6-8-21(19,20)9-7-17/h1-3,13H,4-9H2,(H,16,18)/t13-/m1/s1. The quantitative estimate of drug-likeness (QED) is 0.854. The van der Waals surface area contributed by atoms with Crippen molar-refractivity contribution in [2.45, 2.75) is 18.9 Å². The molecule has 21 heavy (non-hydrogen) atoms. The van der Waals surface area contributed by atoms with Gasteiger partial charge in [0.05, 0.1) is 17.5 Å². The summed E-state index contributed by atoms with van der Waals surface area (Å²) in [5.74, 6) is 0.0982. The lowest BCUT2D eigenvalue weighted by Crippen LogP contribution is -2.48. The molecule has 1 heterocycles. The molecule has 1 atom stereocenters. The fourth-order valence-electron chi connectivity index (χ4n) is 2.92. The van der Waals surface area contributed by atoms with E-state index in [0.717, 1.165) is 29.0 Å². The minimum Gasteiger partial charge on any atom is -0.331 e. The Morgan fingerprint density at radius 2 is 2.00 bits per heavy atom. The minimum atomic E-state index is -2.97. The molecule has 0 bridgehead atoms. The Kier molecular flexibility index (Phi) is 3.84. The van der Waals surface area contributed by atoms with Crippen molar-refractivity contribution in [1.82, 2.24) is 10.2 Å². The normalized spacial score (nSPS) is 23.7. The number of halogens is 1. The van der Waals surface area contributed by atoms with E-state index >= 15 is 0 Å². The number of fused-ring (bicyclic) bond motifs is 1. The monoisotopic (exact) mass is 328 g/mol. The molecular formula is C14H17ClN2O3S. The first-order valence-corrected chi connectivity index (χ1v) is 9.19. The van der Waals surface area contributed by atoms with Crippen molar-refractivity contribution >= 4 is 27.5 Å². The highest BCUT2D eigenvalue weighted by atomic mass is 35.5. The van der Waals surface area contributed by atoms with Gasteiger partial charge >= 0.3 is 6.03 Å². The number of urea groups is 1. The SMILES string of the molecule is O=C(N[C@@H]1CCc2c(Cl)cccc21)N1CCS(=O)(=O)CC1. The van der Waals surface area contributed by atoms with E-state index in [-0.39, 0.29) is 36.7 Å². The Bertz CT molecular complexity index is 661. The summed E-state index contributed by atoms with van der Waals surface area (Å²) in [4.78, 5) is 13.8. The number of carbonyl (C=O) groups excluding carboxylic acids is 1. The van der Waals surface area contributed by atoms with E-state index in [1.165, 1.54) is 0 Å². The molecule has 1 aromatic rings. The van der Waals surface area contributed by atoms with Crippen LogP contribution >= 0.6 is 11.6 Å². The van der Waals surface area contributed by atoms with Crippen LogP contribution in [0.2, 0.25) is 5.02 Å². The molecule has 1 fully saturated rings. The highest BCUT2D eigenvalue weighted by Gasteiger charge is 2.29. The Hall–Kier alpha value is -1.27. The van der Waals surface area contributed by atoms with Gasteiger partial charge in [-0.15, -0.1) is 0 Å². The molecule has 1 aromatic carbocycles. The van der Waals surface area contributed by atoms with E-state index in [9.17, 15) is 13.2 Å². The third-order valence-electron chi connectivity index (χ3n) is 4.14. The summed E-state index contributed by atoms with van der Waals surface area (Å²) in [6.45, 7) is 0.534. The lowest BCUT2D eigenvalue weighted by Gasteiger charge is -2.28. The van der Waals surface area contributed by atoms with Gasteiger partial charge in [0.2, 0.25) is 0 Å². The van der Waals surface area contributed by atoms with Gasteiger partial charge in [-0.2, -0.15) is 0 Å². The first-order valence-electron chi connectivity index (χ1n) is 6.99. The van der Waals surface area contributed by atoms with E-state index in [2.05, 4.69) is 5.32 Å². The van der Waals surface area contributed by atoms with Crippen LogP contribution in [0.5, 0.6) is 0 Å². The lowest BCUT2D eigenvalue weighted by atomic mass is 10.1. The average Bonchev–Trinajstić information content (AvgIpc) is 2.83. The van der Waals surface area contributed by atoms with E-state index in [1.807, 2.05) is 18.2 Å². The van der Waals surface area contributed by atoms with Crippen LogP contribution in [-0.2, 0) is 16.3 Å². The summed E-state index contributed by atoms with van der Waals surface area (Å²) in [6.07, 6.45) is 1.69. The zero-order valence-corrected chi connectivity index (χ0v) is 13.1. The van der Waals surface area contributed by atoms with Gasteiger partial charge < -0.3 is 10.2 Å². The maximum absolute atomic E-state index is 12.2. The molecular weight excluding hydrogens is 312 g/mol. The van der Waals surface area contributed by atoms with Crippen LogP contribution in [0.4, 0.5) is 4.79 Å². The molecule has 2 amide bonds. The van der Waals surface area contributed by atoms with Gasteiger partial charge in [0.25, 0.3) is 0 Å². The van der Waals surface area contributed by atoms with Crippen molar-refractivity contribution in [2.24, 2.45) is 0 Å². The van der Waals surface area contributed by atoms with Gasteiger partial charge in [0.1, 0.15) is 0 Å². The molecule has 0 radical (unpaired) electrons. The highest BCUT2D eigenvalue weighted by Crippen LogP contribution is 2.35. The average molecular weight is 329 g/mol. The summed E-state index contributed by atoms with van der Waals surface area (Å²) in [5, 5.41) is 3.74. The molecule has 1 saturated heterocycles. The van der Waals surface area contributed by atoms with Gasteiger partial charge in [-0.3, -0.25) is 0 Å². The summed E-state index contributed by atoms with van der Waals surface area (Å²) in [7, 11) is -2.97. The molecule has 3 rings (SSSR count). The number of sulfone groups is 1. The molecule has 2 aliphatic rings. The van der Waals surface area contributed by atoms with Gasteiger partial charge in [-0.25, -0.2) is 13.2 Å². The van der Waals surface area contributed by atoms with Crippen LogP contribution in [0.25, 0.3) is 0 Å². The van der Waals surface area contributed by atoms with E-state index in [1.54, 1.807) is 4.90 Å². The van der Waals surface area contributed by atoms with Crippen LogP contribution in [0.3, 0.4) is 0 Å². The number of rotatable bonds is 1.